The molecule has 3 heterocycles. The number of nitrogens with zero attached hydrogens (tertiary/aromatic N) is 2. The van der Waals surface area contributed by atoms with Crippen LogP contribution in [-0.2, 0) is 0 Å². The van der Waals surface area contributed by atoms with Crippen LogP contribution in [0.3, 0.4) is 0 Å². The molecule has 11 aromatic rings. The van der Waals surface area contributed by atoms with E-state index < -0.39 is 0 Å². The molecule has 0 aliphatic rings. The van der Waals surface area contributed by atoms with Crippen LogP contribution in [0.2, 0.25) is 0 Å². The SMILES string of the molecule is C=C/C=c1/nc(-c2cccc(-c3cccc4oc5ccc(-c6ccc7c8c9ccccc9ccc8n(-c8ccccc8)c7c6)cc5c34)c2)cc(-c2ccccc2)/c1=C/C. The van der Waals surface area contributed by atoms with Crippen molar-refractivity contribution >= 4 is 66.7 Å². The van der Waals surface area contributed by atoms with Crippen molar-refractivity contribution in [3.63, 3.8) is 0 Å². The second-order valence-corrected chi connectivity index (χ2v) is 15.1. The Balaban J connectivity index is 1.07. The second-order valence-electron chi connectivity index (χ2n) is 15.1. The van der Waals surface area contributed by atoms with E-state index in [-0.39, 0.29) is 0 Å². The molecule has 3 aromatic heterocycles. The lowest BCUT2D eigenvalue weighted by atomic mass is 9.95. The summed E-state index contributed by atoms with van der Waals surface area (Å²) in [5.74, 6) is 0. The minimum Gasteiger partial charge on any atom is -0.456 e. The Bertz CT molecular complexity index is 3570. The smallest absolute Gasteiger partial charge is 0.136 e. The Morgan fingerprint density at radius 3 is 2.10 bits per heavy atom. The molecule has 0 saturated carbocycles. The summed E-state index contributed by atoms with van der Waals surface area (Å²) in [5.41, 5.74) is 14.0. The third-order valence-electron chi connectivity index (χ3n) is 11.7. The maximum absolute atomic E-state index is 6.55. The monoisotopic (exact) mass is 754 g/mol. The summed E-state index contributed by atoms with van der Waals surface area (Å²) in [6.45, 7) is 6.06. The lowest BCUT2D eigenvalue weighted by Crippen LogP contribution is -2.30. The molecule has 0 aliphatic heterocycles. The molecule has 11 rings (SSSR count). The molecule has 0 radical (unpaired) electrons. The Hall–Kier alpha value is -7.75. The molecule has 0 atom stereocenters. The summed E-state index contributed by atoms with van der Waals surface area (Å²) in [7, 11) is 0. The number of pyridine rings is 1. The number of allylic oxidation sites excluding steroid dienone is 1. The minimum absolute atomic E-state index is 0.863. The predicted octanol–water partition coefficient (Wildman–Crippen LogP) is 13.7. The minimum atomic E-state index is 0.863. The highest BCUT2D eigenvalue weighted by Gasteiger charge is 2.18. The van der Waals surface area contributed by atoms with Crippen molar-refractivity contribution in [1.29, 1.82) is 0 Å². The molecule has 0 amide bonds. The lowest BCUT2D eigenvalue weighted by molar-refractivity contribution is 0.669. The van der Waals surface area contributed by atoms with Crippen molar-refractivity contribution in [2.24, 2.45) is 0 Å². The zero-order chi connectivity index (χ0) is 39.5. The molecule has 59 heavy (non-hydrogen) atoms. The third-order valence-corrected chi connectivity index (χ3v) is 11.7. The van der Waals surface area contributed by atoms with Gasteiger partial charge in [-0.25, -0.2) is 4.98 Å². The largest absolute Gasteiger partial charge is 0.456 e. The lowest BCUT2D eigenvalue weighted by Gasteiger charge is -2.11. The molecule has 0 N–H and O–H groups in total. The number of furan rings is 1. The van der Waals surface area contributed by atoms with Gasteiger partial charge in [0, 0.05) is 38.0 Å². The standard InChI is InChI=1S/C56H38N2O/c1-3-15-49-43(4-2)47(36-16-7-5-8-17-36)35-50(57-49)41-20-13-19-40(32-41)45-24-14-25-54-56(45)48-33-38(28-31-53(48)59-54)39-26-29-46-52(34-39)58(42-21-9-6-10-22-42)51-30-27-37-18-11-12-23-44(37)55(46)51/h3-35H,1H2,2H3/b43-4-,49-15+. The maximum Gasteiger partial charge on any atom is 0.136 e. The van der Waals surface area contributed by atoms with Crippen LogP contribution in [0.15, 0.2) is 199 Å². The topological polar surface area (TPSA) is 31.0 Å². The normalized spacial score (nSPS) is 12.4. The number of para-hydroxylation sites is 1. The van der Waals surface area contributed by atoms with Gasteiger partial charge in [0.25, 0.3) is 0 Å². The fourth-order valence-corrected chi connectivity index (χ4v) is 9.04. The fraction of sp³-hybridized carbons (Fsp3) is 0.0179. The van der Waals surface area contributed by atoms with Crippen LogP contribution in [0.1, 0.15) is 6.92 Å². The Morgan fingerprint density at radius 2 is 1.25 bits per heavy atom. The predicted molar refractivity (Wildman–Crippen MR) is 249 cm³/mol. The highest BCUT2D eigenvalue weighted by Crippen LogP contribution is 2.42. The first-order chi connectivity index (χ1) is 29.2. The second kappa shape index (κ2) is 14.0. The molecule has 0 aliphatic carbocycles. The number of benzene rings is 8. The average molecular weight is 755 g/mol. The van der Waals surface area contributed by atoms with Crippen LogP contribution in [0.25, 0.3) is 117 Å². The van der Waals surface area contributed by atoms with Gasteiger partial charge in [0.2, 0.25) is 0 Å². The molecule has 0 fully saturated rings. The summed E-state index contributed by atoms with van der Waals surface area (Å²) in [5, 5.41) is 9.20. The molecular weight excluding hydrogens is 717 g/mol. The number of hydrogen-bond donors (Lipinski definition) is 0. The number of fused-ring (bicyclic) bond motifs is 8. The van der Waals surface area contributed by atoms with E-state index in [2.05, 4.69) is 206 Å². The van der Waals surface area contributed by atoms with Gasteiger partial charge < -0.3 is 8.98 Å². The van der Waals surface area contributed by atoms with Gasteiger partial charge >= 0.3 is 0 Å². The molecule has 0 unspecified atom stereocenters. The van der Waals surface area contributed by atoms with Crippen molar-refractivity contribution in [3.05, 3.63) is 205 Å². The van der Waals surface area contributed by atoms with Crippen LogP contribution in [-0.4, -0.2) is 9.55 Å². The van der Waals surface area contributed by atoms with E-state index in [1.54, 1.807) is 0 Å². The van der Waals surface area contributed by atoms with E-state index in [1.165, 1.54) is 32.6 Å². The number of aromatic nitrogens is 2. The van der Waals surface area contributed by atoms with Crippen LogP contribution >= 0.6 is 0 Å². The number of hydrogen-bond acceptors (Lipinski definition) is 2. The highest BCUT2D eigenvalue weighted by atomic mass is 16.3. The van der Waals surface area contributed by atoms with Gasteiger partial charge in [-0.1, -0.05) is 146 Å². The molecule has 0 spiro atoms. The summed E-state index contributed by atoms with van der Waals surface area (Å²) in [4.78, 5) is 5.17. The van der Waals surface area contributed by atoms with Crippen LogP contribution in [0, 0.1) is 0 Å². The van der Waals surface area contributed by atoms with E-state index in [4.69, 9.17) is 9.40 Å². The molecule has 8 aromatic carbocycles. The Kier molecular flexibility index (Phi) is 8.20. The van der Waals surface area contributed by atoms with Crippen molar-refractivity contribution in [1.82, 2.24) is 9.55 Å². The average Bonchev–Trinajstić information content (AvgIpc) is 3.85. The molecule has 278 valence electrons. The first-order valence-corrected chi connectivity index (χ1v) is 20.1. The van der Waals surface area contributed by atoms with Gasteiger partial charge in [-0.05, 0) is 112 Å². The van der Waals surface area contributed by atoms with Crippen molar-refractivity contribution < 1.29 is 4.42 Å². The van der Waals surface area contributed by atoms with Gasteiger partial charge in [-0.2, -0.15) is 0 Å². The molecular formula is C56H38N2O. The van der Waals surface area contributed by atoms with Crippen LogP contribution in [0.4, 0.5) is 0 Å². The molecule has 3 nitrogen and oxygen atoms in total. The van der Waals surface area contributed by atoms with Crippen molar-refractivity contribution in [2.45, 2.75) is 6.92 Å². The first-order valence-electron chi connectivity index (χ1n) is 20.1. The summed E-state index contributed by atoms with van der Waals surface area (Å²) < 4.78 is 8.95. The summed E-state index contributed by atoms with van der Waals surface area (Å²) in [6, 6.07) is 65.2. The van der Waals surface area contributed by atoms with Crippen LogP contribution in [0.5, 0.6) is 0 Å². The fourth-order valence-electron chi connectivity index (χ4n) is 9.04. The summed E-state index contributed by atoms with van der Waals surface area (Å²) in [6.07, 6.45) is 5.94. The van der Waals surface area contributed by atoms with Gasteiger partial charge in [0.1, 0.15) is 11.2 Å². The first kappa shape index (κ1) is 34.5. The van der Waals surface area contributed by atoms with Gasteiger partial charge in [-0.15, -0.1) is 0 Å². The zero-order valence-electron chi connectivity index (χ0n) is 32.6. The van der Waals surface area contributed by atoms with Crippen molar-refractivity contribution in [2.75, 3.05) is 0 Å². The zero-order valence-corrected chi connectivity index (χ0v) is 32.6. The van der Waals surface area contributed by atoms with E-state index in [0.29, 0.717) is 0 Å². The van der Waals surface area contributed by atoms with E-state index in [9.17, 15) is 0 Å². The van der Waals surface area contributed by atoms with Gasteiger partial charge in [-0.3, -0.25) is 0 Å². The van der Waals surface area contributed by atoms with E-state index >= 15 is 0 Å². The number of rotatable bonds is 6. The van der Waals surface area contributed by atoms with E-state index in [0.717, 1.165) is 82.8 Å². The van der Waals surface area contributed by atoms with Gasteiger partial charge in [0.05, 0.1) is 22.1 Å². The Labute approximate surface area is 341 Å². The highest BCUT2D eigenvalue weighted by molar-refractivity contribution is 6.22. The van der Waals surface area contributed by atoms with Crippen molar-refractivity contribution in [3.8, 4) is 50.3 Å². The maximum atomic E-state index is 6.55. The molecule has 0 bridgehead atoms. The Morgan fingerprint density at radius 1 is 0.508 bits per heavy atom. The van der Waals surface area contributed by atoms with Gasteiger partial charge in [0.15, 0.2) is 0 Å². The molecule has 0 saturated heterocycles. The summed E-state index contributed by atoms with van der Waals surface area (Å²) >= 11 is 0. The third kappa shape index (κ3) is 5.70. The van der Waals surface area contributed by atoms with Crippen LogP contribution < -0.4 is 10.6 Å². The molecule has 3 heteroatoms. The quantitative estimate of drug-likeness (QED) is 0.169. The van der Waals surface area contributed by atoms with E-state index in [1.807, 2.05) is 12.2 Å².